The van der Waals surface area contributed by atoms with Crippen LogP contribution in [0.4, 0.5) is 0 Å². The maximum Gasteiger partial charge on any atom is 0.0653 e. The van der Waals surface area contributed by atoms with Gasteiger partial charge >= 0.3 is 0 Å². The fourth-order valence-corrected chi connectivity index (χ4v) is 1.59. The van der Waals surface area contributed by atoms with Crippen LogP contribution in [0.25, 0.3) is 10.9 Å². The van der Waals surface area contributed by atoms with Gasteiger partial charge in [-0.3, -0.25) is 5.10 Å². The molecule has 76 valence electrons. The van der Waals surface area contributed by atoms with Crippen LogP contribution in [0.15, 0.2) is 18.3 Å². The number of rotatable bonds is 1. The molecule has 0 radical (unpaired) electrons. The SMILES string of the molecule is CC.CCc1ccc2[nH]ncc2c1C. The first kappa shape index (κ1) is 10.8. The molecule has 1 aromatic carbocycles. The topological polar surface area (TPSA) is 28.7 Å². The number of H-pyrrole nitrogens is 1. The van der Waals surface area contributed by atoms with Crippen LogP contribution in [0.3, 0.4) is 0 Å². The number of aromatic nitrogens is 2. The van der Waals surface area contributed by atoms with Crippen LogP contribution in [0.1, 0.15) is 31.9 Å². The maximum atomic E-state index is 4.01. The van der Waals surface area contributed by atoms with Gasteiger partial charge in [0.05, 0.1) is 11.7 Å². The summed E-state index contributed by atoms with van der Waals surface area (Å²) in [6.07, 6.45) is 2.98. The van der Waals surface area contributed by atoms with Crippen LogP contribution < -0.4 is 0 Å². The molecule has 0 amide bonds. The van der Waals surface area contributed by atoms with Crippen LogP contribution in [0.2, 0.25) is 0 Å². The molecule has 0 unspecified atom stereocenters. The van der Waals surface area contributed by atoms with E-state index in [1.807, 2.05) is 20.0 Å². The van der Waals surface area contributed by atoms with Crippen molar-refractivity contribution in [3.8, 4) is 0 Å². The van der Waals surface area contributed by atoms with E-state index in [0.717, 1.165) is 11.9 Å². The van der Waals surface area contributed by atoms with E-state index < -0.39 is 0 Å². The van der Waals surface area contributed by atoms with E-state index in [2.05, 4.69) is 36.2 Å². The maximum absolute atomic E-state index is 4.01. The number of hydrogen-bond acceptors (Lipinski definition) is 1. The molecule has 2 rings (SSSR count). The fourth-order valence-electron chi connectivity index (χ4n) is 1.59. The molecule has 2 nitrogen and oxygen atoms in total. The first-order chi connectivity index (χ1) is 6.83. The van der Waals surface area contributed by atoms with Gasteiger partial charge in [0.2, 0.25) is 0 Å². The zero-order chi connectivity index (χ0) is 10.6. The summed E-state index contributed by atoms with van der Waals surface area (Å²) in [6, 6.07) is 4.25. The Balaban J connectivity index is 0.000000461. The van der Waals surface area contributed by atoms with Crippen molar-refractivity contribution < 1.29 is 0 Å². The van der Waals surface area contributed by atoms with E-state index in [4.69, 9.17) is 0 Å². The highest BCUT2D eigenvalue weighted by Gasteiger charge is 2.02. The summed E-state index contributed by atoms with van der Waals surface area (Å²) in [7, 11) is 0. The Morgan fingerprint density at radius 1 is 1.29 bits per heavy atom. The molecule has 0 aliphatic rings. The Bertz CT molecular complexity index is 402. The van der Waals surface area contributed by atoms with Crippen LogP contribution in [0.5, 0.6) is 0 Å². The number of fused-ring (bicyclic) bond motifs is 1. The quantitative estimate of drug-likeness (QED) is 0.733. The molecule has 1 N–H and O–H groups in total. The molecular formula is C12H18N2. The van der Waals surface area contributed by atoms with Crippen molar-refractivity contribution in [1.29, 1.82) is 0 Å². The largest absolute Gasteiger partial charge is 0.278 e. The van der Waals surface area contributed by atoms with Crippen LogP contribution in [-0.2, 0) is 6.42 Å². The van der Waals surface area contributed by atoms with E-state index in [-0.39, 0.29) is 0 Å². The summed E-state index contributed by atoms with van der Waals surface area (Å²) in [5.41, 5.74) is 3.89. The van der Waals surface area contributed by atoms with Crippen molar-refractivity contribution in [1.82, 2.24) is 10.2 Å². The normalized spacial score (nSPS) is 9.71. The predicted molar refractivity (Wildman–Crippen MR) is 61.6 cm³/mol. The third kappa shape index (κ3) is 1.79. The molecule has 1 aromatic heterocycles. The lowest BCUT2D eigenvalue weighted by molar-refractivity contribution is 1.11. The molecular weight excluding hydrogens is 172 g/mol. The Morgan fingerprint density at radius 3 is 2.64 bits per heavy atom. The van der Waals surface area contributed by atoms with Crippen LogP contribution in [0, 0.1) is 6.92 Å². The molecule has 0 spiro atoms. The molecule has 0 fully saturated rings. The fraction of sp³-hybridized carbons (Fsp3) is 0.417. The van der Waals surface area contributed by atoms with E-state index >= 15 is 0 Å². The Kier molecular flexibility index (Phi) is 3.69. The number of benzene rings is 1. The second kappa shape index (κ2) is 4.80. The Labute approximate surface area is 85.3 Å². The molecule has 0 atom stereocenters. The lowest BCUT2D eigenvalue weighted by atomic mass is 10.0. The second-order valence-corrected chi connectivity index (χ2v) is 3.03. The second-order valence-electron chi connectivity index (χ2n) is 3.03. The van der Waals surface area contributed by atoms with E-state index in [0.29, 0.717) is 0 Å². The number of hydrogen-bond donors (Lipinski definition) is 1. The molecule has 0 aliphatic heterocycles. The smallest absolute Gasteiger partial charge is 0.0653 e. The highest BCUT2D eigenvalue weighted by molar-refractivity contribution is 5.82. The number of aryl methyl sites for hydroxylation is 2. The first-order valence-electron chi connectivity index (χ1n) is 5.24. The molecule has 1 heterocycles. The summed E-state index contributed by atoms with van der Waals surface area (Å²) in [4.78, 5) is 0. The van der Waals surface area contributed by atoms with Crippen LogP contribution in [-0.4, -0.2) is 10.2 Å². The number of nitrogens with one attached hydrogen (secondary N) is 1. The zero-order valence-corrected chi connectivity index (χ0v) is 9.39. The van der Waals surface area contributed by atoms with Gasteiger partial charge in [-0.1, -0.05) is 26.8 Å². The molecule has 0 saturated carbocycles. The van der Waals surface area contributed by atoms with E-state index in [9.17, 15) is 0 Å². The molecule has 0 bridgehead atoms. The monoisotopic (exact) mass is 190 g/mol. The average molecular weight is 190 g/mol. The third-order valence-corrected chi connectivity index (χ3v) is 2.39. The van der Waals surface area contributed by atoms with Crippen molar-refractivity contribution in [2.24, 2.45) is 0 Å². The van der Waals surface area contributed by atoms with Gasteiger partial charge < -0.3 is 0 Å². The van der Waals surface area contributed by atoms with Crippen molar-refractivity contribution in [3.63, 3.8) is 0 Å². The summed E-state index contributed by atoms with van der Waals surface area (Å²) in [5.74, 6) is 0. The summed E-state index contributed by atoms with van der Waals surface area (Å²) in [5, 5.41) is 8.22. The van der Waals surface area contributed by atoms with Gasteiger partial charge in [0.1, 0.15) is 0 Å². The van der Waals surface area contributed by atoms with Gasteiger partial charge in [-0.15, -0.1) is 0 Å². The van der Waals surface area contributed by atoms with Crippen molar-refractivity contribution in [2.45, 2.75) is 34.1 Å². The summed E-state index contributed by atoms with van der Waals surface area (Å²) >= 11 is 0. The van der Waals surface area contributed by atoms with Gasteiger partial charge in [-0.25, -0.2) is 0 Å². The lowest BCUT2D eigenvalue weighted by Gasteiger charge is -2.02. The standard InChI is InChI=1S/C10H12N2.C2H6/c1-3-8-4-5-10-9(7(8)2)6-11-12-10;1-2/h4-6H,3H2,1-2H3,(H,11,12);1-2H3. The van der Waals surface area contributed by atoms with Gasteiger partial charge in [0.25, 0.3) is 0 Å². The predicted octanol–water partition coefficient (Wildman–Crippen LogP) is 3.46. The summed E-state index contributed by atoms with van der Waals surface area (Å²) < 4.78 is 0. The minimum atomic E-state index is 1.09. The number of aromatic amines is 1. The molecule has 0 aliphatic carbocycles. The van der Waals surface area contributed by atoms with Crippen molar-refractivity contribution in [3.05, 3.63) is 29.5 Å². The zero-order valence-electron chi connectivity index (χ0n) is 9.39. The average Bonchev–Trinajstić information content (AvgIpc) is 2.70. The third-order valence-electron chi connectivity index (χ3n) is 2.39. The minimum absolute atomic E-state index is 1.09. The molecule has 14 heavy (non-hydrogen) atoms. The Morgan fingerprint density at radius 2 is 2.00 bits per heavy atom. The van der Waals surface area contributed by atoms with Gasteiger partial charge in [0, 0.05) is 5.39 Å². The van der Waals surface area contributed by atoms with Gasteiger partial charge in [-0.05, 0) is 30.5 Å². The van der Waals surface area contributed by atoms with Crippen molar-refractivity contribution >= 4 is 10.9 Å². The Hall–Kier alpha value is -1.31. The highest BCUT2D eigenvalue weighted by atomic mass is 15.1. The van der Waals surface area contributed by atoms with E-state index in [1.165, 1.54) is 16.5 Å². The molecule has 0 saturated heterocycles. The van der Waals surface area contributed by atoms with Gasteiger partial charge in [-0.2, -0.15) is 5.10 Å². The number of nitrogens with zero attached hydrogens (tertiary/aromatic N) is 1. The molecule has 2 heteroatoms. The van der Waals surface area contributed by atoms with Gasteiger partial charge in [0.15, 0.2) is 0 Å². The highest BCUT2D eigenvalue weighted by Crippen LogP contribution is 2.19. The summed E-state index contributed by atoms with van der Waals surface area (Å²) in [6.45, 7) is 8.32. The first-order valence-corrected chi connectivity index (χ1v) is 5.24. The molecule has 2 aromatic rings. The van der Waals surface area contributed by atoms with E-state index in [1.54, 1.807) is 0 Å². The van der Waals surface area contributed by atoms with Crippen LogP contribution >= 0.6 is 0 Å². The lowest BCUT2D eigenvalue weighted by Crippen LogP contribution is -1.85. The van der Waals surface area contributed by atoms with Crippen molar-refractivity contribution in [2.75, 3.05) is 0 Å². The minimum Gasteiger partial charge on any atom is -0.278 e.